The second-order valence-electron chi connectivity index (χ2n) is 4.40. The summed E-state index contributed by atoms with van der Waals surface area (Å²) in [6.07, 6.45) is 1.64. The minimum Gasteiger partial charge on any atom is -0.507 e. The highest BCUT2D eigenvalue weighted by molar-refractivity contribution is 5.73. The molecule has 0 saturated heterocycles. The first kappa shape index (κ1) is 13.1. The highest BCUT2D eigenvalue weighted by Gasteiger charge is 2.15. The number of phenols is 1. The molecule has 0 unspecified atom stereocenters. The van der Waals surface area contributed by atoms with E-state index in [0.717, 1.165) is 0 Å². The fraction of sp³-hybridized carbons (Fsp3) is 0.0625. The minimum absolute atomic E-state index is 0.0827. The highest BCUT2D eigenvalue weighted by Crippen LogP contribution is 2.37. The first-order chi connectivity index (χ1) is 10.3. The second-order valence-corrected chi connectivity index (χ2v) is 4.40. The molecule has 3 aromatic rings. The summed E-state index contributed by atoms with van der Waals surface area (Å²) in [7, 11) is 1.55. The van der Waals surface area contributed by atoms with Crippen LogP contribution in [0, 0.1) is 0 Å². The quantitative estimate of drug-likeness (QED) is 0.767. The Labute approximate surface area is 121 Å². The molecular weight excluding hydrogens is 268 g/mol. The Hall–Kier alpha value is -2.95. The van der Waals surface area contributed by atoms with Crippen LogP contribution in [0.4, 0.5) is 0 Å². The number of hydrogen-bond donors (Lipinski definition) is 2. The van der Waals surface area contributed by atoms with Gasteiger partial charge in [0.1, 0.15) is 22.9 Å². The summed E-state index contributed by atoms with van der Waals surface area (Å²) in [5, 5.41) is 17.0. The molecule has 0 saturated carbocycles. The molecule has 0 aliphatic heterocycles. The number of para-hydroxylation sites is 1. The van der Waals surface area contributed by atoms with E-state index in [4.69, 9.17) is 9.47 Å². The number of phenolic OH excluding ortho intramolecular Hbond substituents is 1. The molecule has 3 rings (SSSR count). The number of nitrogens with zero attached hydrogens (tertiary/aromatic N) is 1. The van der Waals surface area contributed by atoms with Crippen molar-refractivity contribution in [3.8, 4) is 34.3 Å². The van der Waals surface area contributed by atoms with E-state index in [-0.39, 0.29) is 5.75 Å². The van der Waals surface area contributed by atoms with Gasteiger partial charge in [-0.05, 0) is 24.3 Å². The van der Waals surface area contributed by atoms with Gasteiger partial charge in [0.15, 0.2) is 5.75 Å². The van der Waals surface area contributed by atoms with E-state index in [9.17, 15) is 5.11 Å². The number of ether oxygens (including phenoxy) is 2. The summed E-state index contributed by atoms with van der Waals surface area (Å²) < 4.78 is 10.9. The molecule has 0 atom stereocenters. The average molecular weight is 282 g/mol. The molecule has 0 bridgehead atoms. The molecule has 2 N–H and O–H groups in total. The van der Waals surface area contributed by atoms with Crippen LogP contribution in [-0.4, -0.2) is 22.4 Å². The third-order valence-electron chi connectivity index (χ3n) is 3.04. The average Bonchev–Trinajstić information content (AvgIpc) is 2.96. The van der Waals surface area contributed by atoms with Crippen LogP contribution in [0.1, 0.15) is 0 Å². The fourth-order valence-corrected chi connectivity index (χ4v) is 2.00. The molecule has 0 radical (unpaired) electrons. The summed E-state index contributed by atoms with van der Waals surface area (Å²) in [5.41, 5.74) is 1.11. The number of H-pyrrole nitrogens is 1. The zero-order chi connectivity index (χ0) is 14.7. The van der Waals surface area contributed by atoms with E-state index in [1.807, 2.05) is 30.3 Å². The van der Waals surface area contributed by atoms with Crippen molar-refractivity contribution >= 4 is 0 Å². The van der Waals surface area contributed by atoms with Crippen molar-refractivity contribution in [1.29, 1.82) is 0 Å². The molecular formula is C16H14N2O3. The Balaban J connectivity index is 1.95. The minimum atomic E-state index is 0.0827. The van der Waals surface area contributed by atoms with Gasteiger partial charge in [0.2, 0.25) is 0 Å². The molecule has 0 aliphatic carbocycles. The van der Waals surface area contributed by atoms with Gasteiger partial charge in [-0.15, -0.1) is 0 Å². The maximum atomic E-state index is 10.1. The predicted molar refractivity (Wildman–Crippen MR) is 78.8 cm³/mol. The Kier molecular flexibility index (Phi) is 3.47. The molecule has 1 aromatic heterocycles. The maximum absolute atomic E-state index is 10.1. The van der Waals surface area contributed by atoms with Gasteiger partial charge in [0.25, 0.3) is 0 Å². The number of nitrogens with one attached hydrogen (secondary N) is 1. The number of aromatic amines is 1. The van der Waals surface area contributed by atoms with E-state index in [2.05, 4.69) is 10.2 Å². The van der Waals surface area contributed by atoms with Crippen LogP contribution in [0.5, 0.6) is 23.0 Å². The smallest absolute Gasteiger partial charge is 0.173 e. The molecule has 0 amide bonds. The van der Waals surface area contributed by atoms with Gasteiger partial charge >= 0.3 is 0 Å². The van der Waals surface area contributed by atoms with Crippen molar-refractivity contribution < 1.29 is 14.6 Å². The molecule has 0 spiro atoms. The van der Waals surface area contributed by atoms with Gasteiger partial charge in [-0.25, -0.2) is 0 Å². The number of aromatic nitrogens is 2. The molecule has 5 nitrogen and oxygen atoms in total. The van der Waals surface area contributed by atoms with Crippen LogP contribution < -0.4 is 9.47 Å². The standard InChI is InChI=1S/C16H14N2O3/c1-20-12-7-8-13(14(19)9-12)16-15(10-17-18-16)21-11-5-3-2-4-6-11/h2-10,19H,1H3,(H,17,18). The summed E-state index contributed by atoms with van der Waals surface area (Å²) in [5.74, 6) is 1.91. The van der Waals surface area contributed by atoms with E-state index in [1.54, 1.807) is 25.4 Å². The number of hydrogen-bond acceptors (Lipinski definition) is 4. The lowest BCUT2D eigenvalue weighted by molar-refractivity contribution is 0.408. The molecule has 2 aromatic carbocycles. The van der Waals surface area contributed by atoms with E-state index in [1.165, 1.54) is 6.07 Å². The first-order valence-electron chi connectivity index (χ1n) is 6.42. The summed E-state index contributed by atoms with van der Waals surface area (Å²) in [6, 6.07) is 14.4. The van der Waals surface area contributed by atoms with Crippen LogP contribution in [0.3, 0.4) is 0 Å². The van der Waals surface area contributed by atoms with E-state index < -0.39 is 0 Å². The third-order valence-corrected chi connectivity index (χ3v) is 3.04. The largest absolute Gasteiger partial charge is 0.507 e. The van der Waals surface area contributed by atoms with Crippen molar-refractivity contribution in [2.75, 3.05) is 7.11 Å². The molecule has 5 heteroatoms. The van der Waals surface area contributed by atoms with Crippen molar-refractivity contribution in [2.24, 2.45) is 0 Å². The SMILES string of the molecule is COc1ccc(-c2n[nH]cc2Oc2ccccc2)c(O)c1. The van der Waals surface area contributed by atoms with Crippen molar-refractivity contribution in [1.82, 2.24) is 10.2 Å². The summed E-state index contributed by atoms with van der Waals surface area (Å²) >= 11 is 0. The van der Waals surface area contributed by atoms with Gasteiger partial charge < -0.3 is 14.6 Å². The fourth-order valence-electron chi connectivity index (χ4n) is 2.00. The number of benzene rings is 2. The van der Waals surface area contributed by atoms with Crippen LogP contribution in [0.15, 0.2) is 54.7 Å². The Morgan fingerprint density at radius 1 is 1.05 bits per heavy atom. The predicted octanol–water partition coefficient (Wildman–Crippen LogP) is 3.58. The van der Waals surface area contributed by atoms with Gasteiger partial charge in [0, 0.05) is 11.6 Å². The summed E-state index contributed by atoms with van der Waals surface area (Å²) in [4.78, 5) is 0. The van der Waals surface area contributed by atoms with Crippen LogP contribution in [-0.2, 0) is 0 Å². The molecule has 106 valence electrons. The maximum Gasteiger partial charge on any atom is 0.173 e. The molecule has 1 heterocycles. The Morgan fingerprint density at radius 2 is 1.86 bits per heavy atom. The van der Waals surface area contributed by atoms with Crippen molar-refractivity contribution in [3.05, 3.63) is 54.7 Å². The van der Waals surface area contributed by atoms with Gasteiger partial charge in [-0.1, -0.05) is 18.2 Å². The third kappa shape index (κ3) is 2.67. The Bertz CT molecular complexity index is 738. The number of rotatable bonds is 4. The van der Waals surface area contributed by atoms with Gasteiger partial charge in [-0.3, -0.25) is 5.10 Å². The van der Waals surface area contributed by atoms with Crippen LogP contribution in [0.2, 0.25) is 0 Å². The zero-order valence-corrected chi connectivity index (χ0v) is 11.4. The van der Waals surface area contributed by atoms with Crippen LogP contribution in [0.25, 0.3) is 11.3 Å². The lowest BCUT2D eigenvalue weighted by atomic mass is 10.1. The monoisotopic (exact) mass is 282 g/mol. The van der Waals surface area contributed by atoms with Crippen molar-refractivity contribution in [2.45, 2.75) is 0 Å². The van der Waals surface area contributed by atoms with Crippen molar-refractivity contribution in [3.63, 3.8) is 0 Å². The number of aromatic hydroxyl groups is 1. The van der Waals surface area contributed by atoms with E-state index >= 15 is 0 Å². The van der Waals surface area contributed by atoms with Gasteiger partial charge in [0.05, 0.1) is 13.3 Å². The highest BCUT2D eigenvalue weighted by atomic mass is 16.5. The summed E-state index contributed by atoms with van der Waals surface area (Å²) in [6.45, 7) is 0. The number of methoxy groups -OCH3 is 1. The normalized spacial score (nSPS) is 10.3. The lowest BCUT2D eigenvalue weighted by Crippen LogP contribution is -1.88. The molecule has 0 aliphatic rings. The lowest BCUT2D eigenvalue weighted by Gasteiger charge is -2.08. The topological polar surface area (TPSA) is 67.4 Å². The molecule has 21 heavy (non-hydrogen) atoms. The van der Waals surface area contributed by atoms with Gasteiger partial charge in [-0.2, -0.15) is 5.10 Å². The molecule has 0 fully saturated rings. The van der Waals surface area contributed by atoms with Crippen LogP contribution >= 0.6 is 0 Å². The zero-order valence-electron chi connectivity index (χ0n) is 11.4. The first-order valence-corrected chi connectivity index (χ1v) is 6.42. The Morgan fingerprint density at radius 3 is 2.57 bits per heavy atom. The second kappa shape index (κ2) is 5.58. The van der Waals surface area contributed by atoms with E-state index in [0.29, 0.717) is 28.5 Å².